The number of benzene rings is 1. The van der Waals surface area contributed by atoms with Gasteiger partial charge in [-0.3, -0.25) is 9.89 Å². The van der Waals surface area contributed by atoms with Gasteiger partial charge in [0.25, 0.3) is 5.56 Å². The maximum Gasteiger partial charge on any atom is 0.256 e. The number of aromatic amines is 2. The zero-order chi connectivity index (χ0) is 19.0. The molecule has 1 aliphatic heterocycles. The maximum absolute atomic E-state index is 14.4. The van der Waals surface area contributed by atoms with Crippen molar-refractivity contribution >= 4 is 34.1 Å². The van der Waals surface area contributed by atoms with Gasteiger partial charge in [0.1, 0.15) is 18.0 Å². The lowest BCUT2D eigenvalue weighted by molar-refractivity contribution is 0.599. The minimum absolute atomic E-state index is 0.171. The van der Waals surface area contributed by atoms with Gasteiger partial charge in [-0.1, -0.05) is 11.6 Å². The molecule has 9 heteroatoms. The summed E-state index contributed by atoms with van der Waals surface area (Å²) in [5, 5.41) is 8.05. The van der Waals surface area contributed by atoms with Crippen LogP contribution >= 0.6 is 11.6 Å². The molecule has 0 amide bonds. The fraction of sp³-hybridized carbons (Fsp3) is 0.158. The van der Waals surface area contributed by atoms with Crippen LogP contribution in [0, 0.1) is 5.82 Å². The first-order valence-corrected chi connectivity index (χ1v) is 9.14. The monoisotopic (exact) mass is 394 g/mol. The molecule has 4 aromatic rings. The van der Waals surface area contributed by atoms with E-state index >= 15 is 0 Å². The molecule has 4 heterocycles. The molecule has 0 radical (unpaired) electrons. The van der Waals surface area contributed by atoms with E-state index in [4.69, 9.17) is 11.6 Å². The second-order valence-electron chi connectivity index (χ2n) is 7.09. The third kappa shape index (κ3) is 1.92. The van der Waals surface area contributed by atoms with Gasteiger partial charge in [0.05, 0.1) is 34.1 Å². The van der Waals surface area contributed by atoms with Crippen molar-refractivity contribution in [3.05, 3.63) is 63.7 Å². The summed E-state index contributed by atoms with van der Waals surface area (Å²) in [7, 11) is 0. The first-order valence-electron chi connectivity index (χ1n) is 8.76. The minimum Gasteiger partial charge on any atom is -0.322 e. The van der Waals surface area contributed by atoms with E-state index in [9.17, 15) is 9.18 Å². The number of H-pyrrole nitrogens is 2. The van der Waals surface area contributed by atoms with Crippen LogP contribution in [-0.2, 0) is 5.54 Å². The number of hydrogen-bond acceptors (Lipinski definition) is 5. The van der Waals surface area contributed by atoms with Crippen molar-refractivity contribution in [3.8, 4) is 11.1 Å². The van der Waals surface area contributed by atoms with E-state index in [2.05, 4.69) is 30.0 Å². The predicted molar refractivity (Wildman–Crippen MR) is 102 cm³/mol. The number of fused-ring (bicyclic) bond motifs is 3. The van der Waals surface area contributed by atoms with Gasteiger partial charge in [-0.2, -0.15) is 5.10 Å². The second kappa shape index (κ2) is 5.17. The molecule has 1 fully saturated rings. The molecule has 2 aliphatic rings. The van der Waals surface area contributed by atoms with Crippen molar-refractivity contribution < 1.29 is 4.39 Å². The van der Waals surface area contributed by atoms with Gasteiger partial charge in [-0.05, 0) is 37.1 Å². The Kier molecular flexibility index (Phi) is 2.91. The van der Waals surface area contributed by atoms with Gasteiger partial charge in [0, 0.05) is 10.6 Å². The Balaban J connectivity index is 1.58. The van der Waals surface area contributed by atoms with E-state index in [0.29, 0.717) is 16.5 Å². The van der Waals surface area contributed by atoms with Crippen molar-refractivity contribution in [2.75, 3.05) is 4.90 Å². The molecule has 1 saturated carbocycles. The van der Waals surface area contributed by atoms with Crippen molar-refractivity contribution in [2.24, 2.45) is 0 Å². The maximum atomic E-state index is 14.4. The van der Waals surface area contributed by atoms with Crippen LogP contribution in [0.3, 0.4) is 0 Å². The molecule has 1 aliphatic carbocycles. The molecule has 1 aromatic carbocycles. The zero-order valence-electron chi connectivity index (χ0n) is 14.3. The molecule has 0 bridgehead atoms. The highest BCUT2D eigenvalue weighted by Gasteiger charge is 2.61. The average molecular weight is 395 g/mol. The van der Waals surface area contributed by atoms with E-state index in [-0.39, 0.29) is 22.2 Å². The van der Waals surface area contributed by atoms with Crippen LogP contribution in [0.25, 0.3) is 22.2 Å². The quantitative estimate of drug-likeness (QED) is 0.541. The lowest BCUT2D eigenvalue weighted by Crippen LogP contribution is -2.44. The summed E-state index contributed by atoms with van der Waals surface area (Å²) in [5.41, 5.74) is 2.10. The fourth-order valence-electron chi connectivity index (χ4n) is 4.08. The van der Waals surface area contributed by atoms with E-state index in [0.717, 1.165) is 29.6 Å². The minimum atomic E-state index is -0.499. The Bertz CT molecular complexity index is 1340. The molecule has 28 heavy (non-hydrogen) atoms. The standard InChI is InChI=1S/C19H12ClFN6O/c20-9-1-2-13(21)10(5-9)11-6-14-15(25-18(11)28)19(3-4-19)27(14)17-12-7-24-26-16(12)22-8-23-17/h1-2,5-8H,3-4H2,(H,25,28)(H,22,23,24,26). The van der Waals surface area contributed by atoms with Crippen molar-refractivity contribution in [1.82, 2.24) is 25.1 Å². The van der Waals surface area contributed by atoms with Gasteiger partial charge < -0.3 is 9.88 Å². The van der Waals surface area contributed by atoms with Gasteiger partial charge in [-0.15, -0.1) is 0 Å². The van der Waals surface area contributed by atoms with Crippen LogP contribution in [0.2, 0.25) is 5.02 Å². The molecular formula is C19H12ClFN6O. The van der Waals surface area contributed by atoms with Crippen LogP contribution < -0.4 is 10.5 Å². The first kappa shape index (κ1) is 15.8. The number of nitrogens with one attached hydrogen (secondary N) is 2. The van der Waals surface area contributed by atoms with E-state index in [1.807, 2.05) is 0 Å². The van der Waals surface area contributed by atoms with Crippen LogP contribution in [0.1, 0.15) is 18.5 Å². The summed E-state index contributed by atoms with van der Waals surface area (Å²) in [6.07, 6.45) is 4.98. The van der Waals surface area contributed by atoms with Crippen LogP contribution in [0.5, 0.6) is 0 Å². The van der Waals surface area contributed by atoms with Crippen molar-refractivity contribution in [2.45, 2.75) is 18.4 Å². The van der Waals surface area contributed by atoms with E-state index < -0.39 is 5.82 Å². The average Bonchev–Trinajstić information content (AvgIpc) is 3.37. The SMILES string of the molecule is O=c1[nH]c2c(cc1-c1cc(Cl)ccc1F)N(c1ncnc3[nH]ncc13)C21CC1. The van der Waals surface area contributed by atoms with E-state index in [1.165, 1.54) is 24.5 Å². The molecule has 0 unspecified atom stereocenters. The molecule has 1 spiro atoms. The van der Waals surface area contributed by atoms with Crippen LogP contribution in [0.4, 0.5) is 15.9 Å². The summed E-state index contributed by atoms with van der Waals surface area (Å²) in [6.45, 7) is 0. The van der Waals surface area contributed by atoms with Crippen molar-refractivity contribution in [3.63, 3.8) is 0 Å². The molecule has 3 aromatic heterocycles. The number of anilines is 2. The molecule has 2 N–H and O–H groups in total. The first-order chi connectivity index (χ1) is 13.6. The molecular weight excluding hydrogens is 383 g/mol. The highest BCUT2D eigenvalue weighted by Crippen LogP contribution is 2.65. The highest BCUT2D eigenvalue weighted by molar-refractivity contribution is 6.30. The highest BCUT2D eigenvalue weighted by atomic mass is 35.5. The summed E-state index contributed by atoms with van der Waals surface area (Å²) in [5.74, 6) is 0.217. The largest absolute Gasteiger partial charge is 0.322 e. The van der Waals surface area contributed by atoms with Gasteiger partial charge >= 0.3 is 0 Å². The zero-order valence-corrected chi connectivity index (χ0v) is 15.1. The summed E-state index contributed by atoms with van der Waals surface area (Å²) in [6, 6.07) is 5.89. The number of nitrogens with zero attached hydrogens (tertiary/aromatic N) is 4. The summed E-state index contributed by atoms with van der Waals surface area (Å²) < 4.78 is 14.4. The van der Waals surface area contributed by atoms with Crippen molar-refractivity contribution in [1.29, 1.82) is 0 Å². The van der Waals surface area contributed by atoms with Gasteiger partial charge in [-0.25, -0.2) is 14.4 Å². The molecule has 138 valence electrons. The molecule has 0 atom stereocenters. The number of rotatable bonds is 2. The van der Waals surface area contributed by atoms with Crippen LogP contribution in [0.15, 0.2) is 41.6 Å². The van der Waals surface area contributed by atoms with Crippen LogP contribution in [-0.4, -0.2) is 25.1 Å². The third-order valence-electron chi connectivity index (χ3n) is 5.54. The lowest BCUT2D eigenvalue weighted by atomic mass is 9.93. The lowest BCUT2D eigenvalue weighted by Gasteiger charge is -2.44. The van der Waals surface area contributed by atoms with Gasteiger partial charge in [0.2, 0.25) is 0 Å². The molecule has 6 rings (SSSR count). The number of pyridine rings is 1. The second-order valence-corrected chi connectivity index (χ2v) is 7.53. The number of aromatic nitrogens is 5. The Morgan fingerprint density at radius 2 is 2.04 bits per heavy atom. The predicted octanol–water partition coefficient (Wildman–Crippen LogP) is 3.64. The Hall–Kier alpha value is -3.26. The summed E-state index contributed by atoms with van der Waals surface area (Å²) >= 11 is 6.02. The number of hydrogen-bond donors (Lipinski definition) is 2. The summed E-state index contributed by atoms with van der Waals surface area (Å²) in [4.78, 5) is 26.4. The molecule has 0 saturated heterocycles. The molecule has 7 nitrogen and oxygen atoms in total. The normalized spacial score (nSPS) is 16.3. The topological polar surface area (TPSA) is 90.6 Å². The smallest absolute Gasteiger partial charge is 0.256 e. The Morgan fingerprint density at radius 1 is 1.18 bits per heavy atom. The fourth-order valence-corrected chi connectivity index (χ4v) is 4.26. The number of halogens is 2. The Labute approximate surface area is 162 Å². The third-order valence-corrected chi connectivity index (χ3v) is 5.77. The van der Waals surface area contributed by atoms with Gasteiger partial charge in [0.15, 0.2) is 5.65 Å². The Morgan fingerprint density at radius 3 is 2.86 bits per heavy atom. The van der Waals surface area contributed by atoms with E-state index in [1.54, 1.807) is 12.3 Å².